The zero-order valence-electron chi connectivity index (χ0n) is 9.26. The minimum atomic E-state index is 0. The van der Waals surface area contributed by atoms with Crippen molar-refractivity contribution in [2.45, 2.75) is 25.2 Å². The van der Waals surface area contributed by atoms with Gasteiger partial charge >= 0.3 is 0 Å². The lowest BCUT2D eigenvalue weighted by Gasteiger charge is -2.20. The van der Waals surface area contributed by atoms with E-state index in [4.69, 9.17) is 5.73 Å². The first-order valence-electron chi connectivity index (χ1n) is 5.49. The van der Waals surface area contributed by atoms with Crippen molar-refractivity contribution in [1.82, 2.24) is 9.97 Å². The first kappa shape index (κ1) is 13.7. The molecule has 5 heteroatoms. The number of halogens is 1. The molecule has 1 fully saturated rings. The minimum absolute atomic E-state index is 0. The molecular formula is C11H18ClN3S. The lowest BCUT2D eigenvalue weighted by Crippen LogP contribution is -2.10. The molecule has 0 unspecified atom stereocenters. The van der Waals surface area contributed by atoms with Crippen molar-refractivity contribution >= 4 is 24.2 Å². The van der Waals surface area contributed by atoms with Crippen LogP contribution in [0, 0.1) is 0 Å². The Balaban J connectivity index is 0.00000128. The van der Waals surface area contributed by atoms with E-state index in [1.54, 1.807) is 0 Å². The van der Waals surface area contributed by atoms with Crippen molar-refractivity contribution in [3.8, 4) is 0 Å². The van der Waals surface area contributed by atoms with Gasteiger partial charge < -0.3 is 5.73 Å². The molecule has 0 bridgehead atoms. The van der Waals surface area contributed by atoms with Crippen LogP contribution in [0.2, 0.25) is 0 Å². The molecule has 2 heterocycles. The van der Waals surface area contributed by atoms with Crippen LogP contribution in [-0.4, -0.2) is 28.0 Å². The second kappa shape index (κ2) is 7.09. The van der Waals surface area contributed by atoms with E-state index in [0.29, 0.717) is 12.5 Å². The lowest BCUT2D eigenvalue weighted by molar-refractivity contribution is 0.629. The molecule has 0 amide bonds. The Morgan fingerprint density at radius 3 is 2.44 bits per heavy atom. The van der Waals surface area contributed by atoms with Crippen LogP contribution < -0.4 is 5.73 Å². The van der Waals surface area contributed by atoms with E-state index < -0.39 is 0 Å². The normalized spacial score (nSPS) is 16.8. The maximum absolute atomic E-state index is 5.46. The van der Waals surface area contributed by atoms with Gasteiger partial charge in [0, 0.05) is 18.8 Å². The molecular weight excluding hydrogens is 242 g/mol. The molecule has 1 aromatic rings. The third-order valence-corrected chi connectivity index (χ3v) is 3.83. The van der Waals surface area contributed by atoms with Crippen molar-refractivity contribution in [3.63, 3.8) is 0 Å². The number of thioether (sulfide) groups is 1. The molecule has 3 nitrogen and oxygen atoms in total. The Bertz CT molecular complexity index is 299. The molecule has 90 valence electrons. The standard InChI is InChI=1S/C11H17N3S.ClH/c12-4-1-11-13-7-10(8-14-11)9-2-5-15-6-3-9;/h7-9H,1-6,12H2;1H. The van der Waals surface area contributed by atoms with Gasteiger partial charge in [-0.25, -0.2) is 9.97 Å². The van der Waals surface area contributed by atoms with Gasteiger partial charge in [0.25, 0.3) is 0 Å². The van der Waals surface area contributed by atoms with Gasteiger partial charge in [-0.15, -0.1) is 12.4 Å². The van der Waals surface area contributed by atoms with Crippen molar-refractivity contribution in [2.24, 2.45) is 5.73 Å². The Kier molecular flexibility index (Phi) is 6.09. The maximum atomic E-state index is 5.46. The molecule has 1 aliphatic rings. The van der Waals surface area contributed by atoms with Crippen molar-refractivity contribution < 1.29 is 0 Å². The summed E-state index contributed by atoms with van der Waals surface area (Å²) in [6.45, 7) is 0.624. The van der Waals surface area contributed by atoms with Crippen molar-refractivity contribution in [2.75, 3.05) is 18.1 Å². The van der Waals surface area contributed by atoms with Crippen LogP contribution >= 0.6 is 24.2 Å². The highest BCUT2D eigenvalue weighted by Crippen LogP contribution is 2.30. The van der Waals surface area contributed by atoms with Gasteiger partial charge in [-0.3, -0.25) is 0 Å². The van der Waals surface area contributed by atoms with Gasteiger partial charge in [-0.1, -0.05) is 0 Å². The summed E-state index contributed by atoms with van der Waals surface area (Å²) in [5, 5.41) is 0. The predicted octanol–water partition coefficient (Wildman–Crippen LogP) is 2.01. The molecule has 1 saturated heterocycles. The molecule has 0 saturated carbocycles. The summed E-state index contributed by atoms with van der Waals surface area (Å²) in [4.78, 5) is 8.69. The Hall–Kier alpha value is -0.320. The summed E-state index contributed by atoms with van der Waals surface area (Å²) in [5.41, 5.74) is 6.76. The molecule has 2 N–H and O–H groups in total. The molecule has 0 spiro atoms. The highest BCUT2D eigenvalue weighted by Gasteiger charge is 2.16. The van der Waals surface area contributed by atoms with Crippen molar-refractivity contribution in [3.05, 3.63) is 23.8 Å². The molecule has 2 rings (SSSR count). The minimum Gasteiger partial charge on any atom is -0.330 e. The lowest BCUT2D eigenvalue weighted by atomic mass is 9.96. The Morgan fingerprint density at radius 2 is 1.88 bits per heavy atom. The summed E-state index contributed by atoms with van der Waals surface area (Å²) in [6.07, 6.45) is 7.28. The molecule has 0 atom stereocenters. The number of nitrogens with two attached hydrogens (primary N) is 1. The van der Waals surface area contributed by atoms with Gasteiger partial charge in [0.2, 0.25) is 0 Å². The SMILES string of the molecule is Cl.NCCc1ncc(C2CCSCC2)cn1. The van der Waals surface area contributed by atoms with E-state index >= 15 is 0 Å². The Morgan fingerprint density at radius 1 is 1.25 bits per heavy atom. The van der Waals surface area contributed by atoms with Gasteiger partial charge in [0.15, 0.2) is 0 Å². The first-order valence-corrected chi connectivity index (χ1v) is 6.64. The molecule has 0 aliphatic carbocycles. The van der Waals surface area contributed by atoms with E-state index in [1.165, 1.54) is 29.9 Å². The second-order valence-corrected chi connectivity index (χ2v) is 5.08. The largest absolute Gasteiger partial charge is 0.330 e. The van der Waals surface area contributed by atoms with E-state index in [9.17, 15) is 0 Å². The third kappa shape index (κ3) is 3.61. The quantitative estimate of drug-likeness (QED) is 0.902. The van der Waals surface area contributed by atoms with E-state index in [0.717, 1.165) is 12.2 Å². The summed E-state index contributed by atoms with van der Waals surface area (Å²) in [5.74, 6) is 4.09. The van der Waals surface area contributed by atoms with Gasteiger partial charge in [0.05, 0.1) is 0 Å². The monoisotopic (exact) mass is 259 g/mol. The predicted molar refractivity (Wildman–Crippen MR) is 71.3 cm³/mol. The van der Waals surface area contributed by atoms with Crippen LogP contribution in [0.25, 0.3) is 0 Å². The zero-order valence-corrected chi connectivity index (χ0v) is 10.9. The number of aromatic nitrogens is 2. The van der Waals surface area contributed by atoms with Crippen LogP contribution in [0.1, 0.15) is 30.1 Å². The van der Waals surface area contributed by atoms with Crippen LogP contribution in [0.4, 0.5) is 0 Å². The summed E-state index contributed by atoms with van der Waals surface area (Å²) >= 11 is 2.05. The second-order valence-electron chi connectivity index (χ2n) is 3.86. The van der Waals surface area contributed by atoms with E-state index in [1.807, 2.05) is 24.2 Å². The van der Waals surface area contributed by atoms with Crippen LogP contribution in [0.15, 0.2) is 12.4 Å². The molecule has 16 heavy (non-hydrogen) atoms. The number of rotatable bonds is 3. The smallest absolute Gasteiger partial charge is 0.129 e. The van der Waals surface area contributed by atoms with Crippen LogP contribution in [0.5, 0.6) is 0 Å². The fraction of sp³-hybridized carbons (Fsp3) is 0.636. The fourth-order valence-corrected chi connectivity index (χ4v) is 2.97. The molecule has 0 radical (unpaired) electrons. The van der Waals surface area contributed by atoms with Gasteiger partial charge in [0.1, 0.15) is 5.82 Å². The Labute approximate surface area is 107 Å². The maximum Gasteiger partial charge on any atom is 0.129 e. The van der Waals surface area contributed by atoms with Crippen LogP contribution in [0.3, 0.4) is 0 Å². The average Bonchev–Trinajstić information content (AvgIpc) is 2.32. The zero-order chi connectivity index (χ0) is 10.5. The first-order chi connectivity index (χ1) is 7.40. The molecule has 1 aromatic heterocycles. The summed E-state index contributed by atoms with van der Waals surface area (Å²) in [7, 11) is 0. The average molecular weight is 260 g/mol. The highest BCUT2D eigenvalue weighted by atomic mass is 35.5. The number of hydrogen-bond donors (Lipinski definition) is 1. The molecule has 1 aliphatic heterocycles. The topological polar surface area (TPSA) is 51.8 Å². The highest BCUT2D eigenvalue weighted by molar-refractivity contribution is 7.99. The fourth-order valence-electron chi connectivity index (χ4n) is 1.86. The van der Waals surface area contributed by atoms with Gasteiger partial charge in [-0.05, 0) is 42.4 Å². The summed E-state index contributed by atoms with van der Waals surface area (Å²) < 4.78 is 0. The van der Waals surface area contributed by atoms with E-state index in [2.05, 4.69) is 9.97 Å². The van der Waals surface area contributed by atoms with Gasteiger partial charge in [-0.2, -0.15) is 11.8 Å². The van der Waals surface area contributed by atoms with Crippen molar-refractivity contribution in [1.29, 1.82) is 0 Å². The number of hydrogen-bond acceptors (Lipinski definition) is 4. The summed E-state index contributed by atoms with van der Waals surface area (Å²) in [6, 6.07) is 0. The van der Waals surface area contributed by atoms with Crippen LogP contribution in [-0.2, 0) is 6.42 Å². The van der Waals surface area contributed by atoms with E-state index in [-0.39, 0.29) is 12.4 Å². The molecule has 0 aromatic carbocycles. The number of nitrogens with zero attached hydrogens (tertiary/aromatic N) is 2. The third-order valence-electron chi connectivity index (χ3n) is 2.79.